The van der Waals surface area contributed by atoms with Crippen LogP contribution in [0, 0.1) is 0 Å². The summed E-state index contributed by atoms with van der Waals surface area (Å²) in [5.74, 6) is 0. The van der Waals surface area contributed by atoms with Gasteiger partial charge in [-0.2, -0.15) is 0 Å². The average molecular weight is 287 g/mol. The third-order valence-corrected chi connectivity index (χ3v) is 2.60. The van der Waals surface area contributed by atoms with Gasteiger partial charge in [0.1, 0.15) is 6.54 Å². The van der Waals surface area contributed by atoms with Crippen molar-refractivity contribution < 1.29 is 17.5 Å². The van der Waals surface area contributed by atoms with E-state index in [1.807, 2.05) is 0 Å². The number of hydrogen-bond donors (Lipinski definition) is 0. The molecule has 1 rings (SSSR count). The zero-order valence-corrected chi connectivity index (χ0v) is 12.9. The lowest BCUT2D eigenvalue weighted by molar-refractivity contribution is -0.697. The van der Waals surface area contributed by atoms with Crippen LogP contribution >= 0.6 is 0 Å². The van der Waals surface area contributed by atoms with Crippen LogP contribution in [0.2, 0.25) is 0 Å². The van der Waals surface area contributed by atoms with Crippen LogP contribution in [-0.2, 0) is 23.1 Å². The van der Waals surface area contributed by atoms with Gasteiger partial charge >= 0.3 is 0 Å². The second kappa shape index (κ2) is 9.92. The summed E-state index contributed by atoms with van der Waals surface area (Å²) in [4.78, 5) is 0. The molecule has 0 radical (unpaired) electrons. The van der Waals surface area contributed by atoms with Gasteiger partial charge in [0, 0.05) is 24.3 Å². The Labute approximate surface area is 117 Å². The number of unbranched alkanes of at least 4 members (excludes halogenated alkanes) is 3. The molecule has 0 amide bonds. The zero-order valence-electron chi connectivity index (χ0n) is 12.1. The van der Waals surface area contributed by atoms with Crippen molar-refractivity contribution in [3.05, 3.63) is 30.1 Å². The average Bonchev–Trinajstić information content (AvgIpc) is 2.33. The molecule has 0 fully saturated rings. The van der Waals surface area contributed by atoms with E-state index in [4.69, 9.17) is 13.0 Å². The Kier molecular flexibility index (Phi) is 9.43. The molecule has 0 aromatic carbocycles. The first kappa shape index (κ1) is 18.1. The van der Waals surface area contributed by atoms with Crippen molar-refractivity contribution in [2.24, 2.45) is 0 Å². The summed E-state index contributed by atoms with van der Waals surface area (Å²) in [5.41, 5.74) is 1.43. The van der Waals surface area contributed by atoms with Gasteiger partial charge in [-0.25, -0.2) is 13.0 Å². The van der Waals surface area contributed by atoms with Crippen molar-refractivity contribution in [1.82, 2.24) is 0 Å². The molecule has 1 aromatic heterocycles. The predicted molar refractivity (Wildman–Crippen MR) is 75.8 cm³/mol. The summed E-state index contributed by atoms with van der Waals surface area (Å²) in [5, 5.41) is 0. The quantitative estimate of drug-likeness (QED) is 0.458. The number of hydrogen-bond acceptors (Lipinski definition) is 3. The molecule has 0 spiro atoms. The smallest absolute Gasteiger partial charge is 0.171 e. The molecule has 0 aliphatic heterocycles. The third-order valence-electron chi connectivity index (χ3n) is 2.60. The molecular weight excluding hydrogens is 262 g/mol. The predicted octanol–water partition coefficient (Wildman–Crippen LogP) is 2.28. The van der Waals surface area contributed by atoms with Crippen LogP contribution in [0.5, 0.6) is 0 Å². The minimum atomic E-state index is -3.92. The van der Waals surface area contributed by atoms with E-state index in [1.165, 1.54) is 37.8 Å². The van der Waals surface area contributed by atoms with Crippen molar-refractivity contribution in [2.75, 3.05) is 6.26 Å². The van der Waals surface area contributed by atoms with Gasteiger partial charge in [-0.1, -0.05) is 26.7 Å². The lowest BCUT2D eigenvalue weighted by atomic mass is 10.2. The van der Waals surface area contributed by atoms with Crippen LogP contribution in [0.25, 0.3) is 0 Å². The molecule has 0 atom stereocenters. The Morgan fingerprint density at radius 1 is 1.21 bits per heavy atom. The maximum absolute atomic E-state index is 9.08. The Bertz CT molecular complexity index is 436. The van der Waals surface area contributed by atoms with Crippen molar-refractivity contribution >= 4 is 10.1 Å². The fraction of sp³-hybridized carbons (Fsp3) is 0.643. The maximum atomic E-state index is 9.08. The SMILES string of the molecule is CCCCCC[n+]1cccc(CC)c1.CS(=O)(=O)[O-]. The molecule has 0 bridgehead atoms. The molecule has 0 unspecified atom stereocenters. The Morgan fingerprint density at radius 3 is 2.37 bits per heavy atom. The Balaban J connectivity index is 0.000000555. The summed E-state index contributed by atoms with van der Waals surface area (Å²) in [7, 11) is -3.92. The van der Waals surface area contributed by atoms with E-state index in [2.05, 4.69) is 42.9 Å². The first-order valence-corrected chi connectivity index (χ1v) is 8.57. The van der Waals surface area contributed by atoms with E-state index in [0.717, 1.165) is 6.42 Å². The maximum Gasteiger partial charge on any atom is 0.171 e. The fourth-order valence-electron chi connectivity index (χ4n) is 1.65. The van der Waals surface area contributed by atoms with E-state index >= 15 is 0 Å². The second-order valence-electron chi connectivity index (χ2n) is 4.57. The molecule has 19 heavy (non-hydrogen) atoms. The fourth-order valence-corrected chi connectivity index (χ4v) is 1.65. The van der Waals surface area contributed by atoms with Crippen LogP contribution in [0.4, 0.5) is 0 Å². The van der Waals surface area contributed by atoms with Crippen molar-refractivity contribution in [3.8, 4) is 0 Å². The Morgan fingerprint density at radius 2 is 1.84 bits per heavy atom. The number of nitrogens with zero attached hydrogens (tertiary/aromatic N) is 1. The molecule has 0 saturated heterocycles. The first-order valence-electron chi connectivity index (χ1n) is 6.75. The minimum Gasteiger partial charge on any atom is -0.748 e. The molecule has 0 aliphatic carbocycles. The topological polar surface area (TPSA) is 61.1 Å². The van der Waals surface area contributed by atoms with E-state index in [0.29, 0.717) is 6.26 Å². The van der Waals surface area contributed by atoms with E-state index in [9.17, 15) is 0 Å². The zero-order chi connectivity index (χ0) is 14.7. The van der Waals surface area contributed by atoms with Gasteiger partial charge in [0.2, 0.25) is 0 Å². The van der Waals surface area contributed by atoms with Crippen molar-refractivity contribution in [1.29, 1.82) is 0 Å². The molecule has 1 heterocycles. The van der Waals surface area contributed by atoms with Gasteiger partial charge < -0.3 is 4.55 Å². The molecule has 1 aromatic rings. The molecule has 0 N–H and O–H groups in total. The number of aromatic nitrogens is 1. The molecule has 110 valence electrons. The van der Waals surface area contributed by atoms with Gasteiger partial charge in [-0.05, 0) is 18.9 Å². The van der Waals surface area contributed by atoms with Gasteiger partial charge in [-0.3, -0.25) is 0 Å². The summed E-state index contributed by atoms with van der Waals surface area (Å²) >= 11 is 0. The van der Waals surface area contributed by atoms with E-state index in [-0.39, 0.29) is 0 Å². The molecule has 0 aliphatic rings. The molecule has 4 nitrogen and oxygen atoms in total. The van der Waals surface area contributed by atoms with Crippen LogP contribution in [-0.4, -0.2) is 19.2 Å². The first-order chi connectivity index (χ1) is 8.86. The summed E-state index contributed by atoms with van der Waals surface area (Å²) < 4.78 is 29.5. The van der Waals surface area contributed by atoms with E-state index in [1.54, 1.807) is 0 Å². The van der Waals surface area contributed by atoms with Crippen molar-refractivity contribution in [2.45, 2.75) is 52.5 Å². The molecule has 0 saturated carbocycles. The van der Waals surface area contributed by atoms with Gasteiger partial charge in [0.15, 0.2) is 12.4 Å². The summed E-state index contributed by atoms with van der Waals surface area (Å²) in [6.45, 7) is 5.63. The highest BCUT2D eigenvalue weighted by molar-refractivity contribution is 7.84. The van der Waals surface area contributed by atoms with Crippen LogP contribution in [0.1, 0.15) is 45.1 Å². The Hall–Kier alpha value is -0.940. The van der Waals surface area contributed by atoms with Crippen LogP contribution in [0.3, 0.4) is 0 Å². The second-order valence-corrected chi connectivity index (χ2v) is 5.98. The third kappa shape index (κ3) is 13.3. The normalized spacial score (nSPS) is 10.7. The number of aryl methyl sites for hydroxylation is 2. The highest BCUT2D eigenvalue weighted by atomic mass is 32.2. The summed E-state index contributed by atoms with van der Waals surface area (Å²) in [6, 6.07) is 4.35. The lowest BCUT2D eigenvalue weighted by Gasteiger charge is -1.98. The molecule has 5 heteroatoms. The number of pyridine rings is 1. The van der Waals surface area contributed by atoms with Gasteiger partial charge in [0.05, 0.1) is 10.1 Å². The van der Waals surface area contributed by atoms with Crippen LogP contribution < -0.4 is 4.57 Å². The van der Waals surface area contributed by atoms with E-state index < -0.39 is 10.1 Å². The number of rotatable bonds is 6. The van der Waals surface area contributed by atoms with Gasteiger partial charge in [-0.15, -0.1) is 0 Å². The standard InChI is InChI=1S/C13H22N.CH4O3S/c1-3-5-6-7-10-14-11-8-9-13(4-2)12-14;1-5(2,3)4/h8-9,11-12H,3-7,10H2,1-2H3;1H3,(H,2,3,4)/q+1;/p-1. The minimum absolute atomic E-state index is 0.604. The monoisotopic (exact) mass is 287 g/mol. The molecular formula is C14H25NO3S. The van der Waals surface area contributed by atoms with Crippen molar-refractivity contribution in [3.63, 3.8) is 0 Å². The van der Waals surface area contributed by atoms with Crippen LogP contribution in [0.15, 0.2) is 24.5 Å². The summed E-state index contributed by atoms with van der Waals surface area (Å²) in [6.07, 6.45) is 11.5. The highest BCUT2D eigenvalue weighted by Crippen LogP contribution is 1.99. The largest absolute Gasteiger partial charge is 0.748 e. The lowest BCUT2D eigenvalue weighted by Crippen LogP contribution is -2.33. The highest BCUT2D eigenvalue weighted by Gasteiger charge is 2.00. The van der Waals surface area contributed by atoms with Gasteiger partial charge in [0.25, 0.3) is 0 Å².